The molecule has 1 fully saturated rings. The summed E-state index contributed by atoms with van der Waals surface area (Å²) in [5, 5.41) is 1.55. The summed E-state index contributed by atoms with van der Waals surface area (Å²) in [6.07, 6.45) is 2.18. The molecule has 0 spiro atoms. The van der Waals surface area contributed by atoms with Crippen molar-refractivity contribution < 1.29 is 0 Å². The van der Waals surface area contributed by atoms with Crippen molar-refractivity contribution >= 4 is 16.5 Å². The van der Waals surface area contributed by atoms with E-state index in [4.69, 9.17) is 5.73 Å². The van der Waals surface area contributed by atoms with E-state index in [0.717, 1.165) is 37.0 Å². The Balaban J connectivity index is 2.06. The number of piperidine rings is 1. The maximum atomic E-state index is 12.1. The third-order valence-corrected chi connectivity index (χ3v) is 4.10. The van der Waals surface area contributed by atoms with Gasteiger partial charge in [0, 0.05) is 28.1 Å². The van der Waals surface area contributed by atoms with Crippen LogP contribution >= 0.6 is 0 Å². The van der Waals surface area contributed by atoms with E-state index in [-0.39, 0.29) is 5.56 Å². The first-order chi connectivity index (χ1) is 9.15. The highest BCUT2D eigenvalue weighted by molar-refractivity contribution is 5.92. The van der Waals surface area contributed by atoms with E-state index in [1.165, 1.54) is 0 Å². The molecule has 1 aliphatic rings. The standard InChI is InChI=1S/C15H19N3O/c1-18-7-5-10(6-8-18)14-9-12-11(15(19)17-14)3-2-4-13(12)16/h2-4,9-10H,5-8,16H2,1H3,(H,17,19). The number of fused-ring (bicyclic) bond motifs is 1. The molecule has 19 heavy (non-hydrogen) atoms. The van der Waals surface area contributed by atoms with Gasteiger partial charge in [0.2, 0.25) is 0 Å². The SMILES string of the molecule is CN1CCC(c2cc3c(N)cccc3c(=O)[nH]2)CC1. The fraction of sp³-hybridized carbons (Fsp3) is 0.400. The minimum absolute atomic E-state index is 0.0290. The summed E-state index contributed by atoms with van der Waals surface area (Å²) in [5.41, 5.74) is 7.67. The van der Waals surface area contributed by atoms with Gasteiger partial charge in [-0.15, -0.1) is 0 Å². The quantitative estimate of drug-likeness (QED) is 0.767. The lowest BCUT2D eigenvalue weighted by Crippen LogP contribution is -2.30. The van der Waals surface area contributed by atoms with Crippen LogP contribution in [-0.2, 0) is 0 Å². The number of aromatic nitrogens is 1. The predicted octanol–water partition coefficient (Wildman–Crippen LogP) is 1.92. The van der Waals surface area contributed by atoms with E-state index in [1.54, 1.807) is 0 Å². The maximum Gasteiger partial charge on any atom is 0.256 e. The van der Waals surface area contributed by atoms with E-state index in [1.807, 2.05) is 18.2 Å². The first-order valence-electron chi connectivity index (χ1n) is 6.75. The molecule has 1 aromatic heterocycles. The van der Waals surface area contributed by atoms with Gasteiger partial charge in [-0.2, -0.15) is 0 Å². The molecule has 100 valence electrons. The van der Waals surface area contributed by atoms with E-state index in [2.05, 4.69) is 23.0 Å². The number of nitrogens with two attached hydrogens (primary N) is 1. The van der Waals surface area contributed by atoms with Crippen LogP contribution in [0.15, 0.2) is 29.1 Å². The molecule has 0 amide bonds. The predicted molar refractivity (Wildman–Crippen MR) is 78.5 cm³/mol. The van der Waals surface area contributed by atoms with Crippen molar-refractivity contribution in [2.75, 3.05) is 25.9 Å². The summed E-state index contributed by atoms with van der Waals surface area (Å²) < 4.78 is 0. The molecule has 2 aromatic rings. The Kier molecular flexibility index (Phi) is 3.03. The van der Waals surface area contributed by atoms with E-state index in [9.17, 15) is 4.79 Å². The Morgan fingerprint density at radius 2 is 2.00 bits per heavy atom. The molecule has 2 heterocycles. The topological polar surface area (TPSA) is 62.1 Å². The van der Waals surface area contributed by atoms with Crippen LogP contribution in [0.25, 0.3) is 10.8 Å². The molecule has 0 atom stereocenters. The molecule has 3 N–H and O–H groups in total. The number of pyridine rings is 1. The lowest BCUT2D eigenvalue weighted by atomic mass is 9.92. The van der Waals surface area contributed by atoms with Gasteiger partial charge in [0.25, 0.3) is 5.56 Å². The molecule has 0 aliphatic carbocycles. The fourth-order valence-electron chi connectivity index (χ4n) is 2.87. The zero-order valence-electron chi connectivity index (χ0n) is 11.1. The van der Waals surface area contributed by atoms with Crippen LogP contribution in [0.2, 0.25) is 0 Å². The molecule has 0 saturated carbocycles. The van der Waals surface area contributed by atoms with E-state index in [0.29, 0.717) is 17.0 Å². The van der Waals surface area contributed by atoms with Gasteiger partial charge in [-0.25, -0.2) is 0 Å². The fourth-order valence-corrected chi connectivity index (χ4v) is 2.87. The minimum atomic E-state index is -0.0290. The molecule has 4 nitrogen and oxygen atoms in total. The molecule has 4 heteroatoms. The largest absolute Gasteiger partial charge is 0.398 e. The first-order valence-corrected chi connectivity index (χ1v) is 6.75. The Morgan fingerprint density at radius 1 is 1.26 bits per heavy atom. The molecular formula is C15H19N3O. The third-order valence-electron chi connectivity index (χ3n) is 4.10. The van der Waals surface area contributed by atoms with Crippen LogP contribution in [0.4, 0.5) is 5.69 Å². The second-order valence-corrected chi connectivity index (χ2v) is 5.44. The summed E-state index contributed by atoms with van der Waals surface area (Å²) in [4.78, 5) is 17.5. The van der Waals surface area contributed by atoms with Gasteiger partial charge >= 0.3 is 0 Å². The highest BCUT2D eigenvalue weighted by atomic mass is 16.1. The van der Waals surface area contributed by atoms with Crippen molar-refractivity contribution in [1.82, 2.24) is 9.88 Å². The molecule has 0 bridgehead atoms. The average Bonchev–Trinajstić information content (AvgIpc) is 2.41. The summed E-state index contributed by atoms with van der Waals surface area (Å²) >= 11 is 0. The van der Waals surface area contributed by atoms with Gasteiger partial charge in [0.15, 0.2) is 0 Å². The second-order valence-electron chi connectivity index (χ2n) is 5.44. The number of benzene rings is 1. The van der Waals surface area contributed by atoms with Crippen molar-refractivity contribution in [2.24, 2.45) is 0 Å². The molecule has 3 rings (SSSR count). The van der Waals surface area contributed by atoms with Crippen molar-refractivity contribution in [2.45, 2.75) is 18.8 Å². The monoisotopic (exact) mass is 257 g/mol. The third kappa shape index (κ3) is 2.24. The number of nitrogens with one attached hydrogen (secondary N) is 1. The number of nitrogen functional groups attached to an aromatic ring is 1. The summed E-state index contributed by atoms with van der Waals surface area (Å²) in [6, 6.07) is 7.55. The maximum absolute atomic E-state index is 12.1. The number of hydrogen-bond donors (Lipinski definition) is 2. The number of H-pyrrole nitrogens is 1. The molecule has 0 unspecified atom stereocenters. The zero-order chi connectivity index (χ0) is 13.4. The average molecular weight is 257 g/mol. The van der Waals surface area contributed by atoms with Gasteiger partial charge in [0.05, 0.1) is 0 Å². The van der Waals surface area contributed by atoms with Crippen LogP contribution in [0, 0.1) is 0 Å². The first kappa shape index (κ1) is 12.2. The summed E-state index contributed by atoms with van der Waals surface area (Å²) in [7, 11) is 2.14. The van der Waals surface area contributed by atoms with Gasteiger partial charge in [-0.05, 0) is 51.2 Å². The number of nitrogens with zero attached hydrogens (tertiary/aromatic N) is 1. The van der Waals surface area contributed by atoms with Crippen LogP contribution in [0.3, 0.4) is 0 Å². The van der Waals surface area contributed by atoms with E-state index < -0.39 is 0 Å². The normalized spacial score (nSPS) is 17.9. The Morgan fingerprint density at radius 3 is 2.74 bits per heavy atom. The van der Waals surface area contributed by atoms with Gasteiger partial charge in [-0.3, -0.25) is 4.79 Å². The molecule has 0 radical (unpaired) electrons. The number of rotatable bonds is 1. The van der Waals surface area contributed by atoms with E-state index >= 15 is 0 Å². The van der Waals surface area contributed by atoms with Crippen molar-refractivity contribution in [3.05, 3.63) is 40.3 Å². The Bertz CT molecular complexity index is 654. The van der Waals surface area contributed by atoms with Crippen LogP contribution in [-0.4, -0.2) is 30.0 Å². The van der Waals surface area contributed by atoms with Gasteiger partial charge in [0.1, 0.15) is 0 Å². The van der Waals surface area contributed by atoms with Crippen molar-refractivity contribution in [3.63, 3.8) is 0 Å². The second kappa shape index (κ2) is 4.70. The van der Waals surface area contributed by atoms with Gasteiger partial charge < -0.3 is 15.6 Å². The minimum Gasteiger partial charge on any atom is -0.398 e. The number of anilines is 1. The lowest BCUT2D eigenvalue weighted by molar-refractivity contribution is 0.253. The number of hydrogen-bond acceptors (Lipinski definition) is 3. The molecule has 1 saturated heterocycles. The van der Waals surface area contributed by atoms with Crippen molar-refractivity contribution in [3.8, 4) is 0 Å². The molecular weight excluding hydrogens is 238 g/mol. The van der Waals surface area contributed by atoms with Crippen LogP contribution in [0.5, 0.6) is 0 Å². The molecule has 1 aromatic carbocycles. The number of aromatic amines is 1. The van der Waals surface area contributed by atoms with Gasteiger partial charge in [-0.1, -0.05) is 6.07 Å². The summed E-state index contributed by atoms with van der Waals surface area (Å²) in [5.74, 6) is 0.438. The molecule has 1 aliphatic heterocycles. The lowest BCUT2D eigenvalue weighted by Gasteiger charge is -2.29. The highest BCUT2D eigenvalue weighted by Gasteiger charge is 2.20. The Hall–Kier alpha value is -1.81. The zero-order valence-corrected chi connectivity index (χ0v) is 11.1. The van der Waals surface area contributed by atoms with Crippen LogP contribution < -0.4 is 11.3 Å². The number of likely N-dealkylation sites (tertiary alicyclic amines) is 1. The Labute approximate surface area is 112 Å². The highest BCUT2D eigenvalue weighted by Crippen LogP contribution is 2.28. The summed E-state index contributed by atoms with van der Waals surface area (Å²) in [6.45, 7) is 2.16. The van der Waals surface area contributed by atoms with Crippen LogP contribution in [0.1, 0.15) is 24.5 Å². The smallest absolute Gasteiger partial charge is 0.256 e. The van der Waals surface area contributed by atoms with Crippen molar-refractivity contribution in [1.29, 1.82) is 0 Å².